The lowest BCUT2D eigenvalue weighted by Crippen LogP contribution is -1.93. The predicted octanol–water partition coefficient (Wildman–Crippen LogP) is 3.87. The van der Waals surface area contributed by atoms with E-state index in [1.165, 1.54) is 12.1 Å². The third kappa shape index (κ3) is 1.93. The molecule has 3 rings (SSSR count). The van der Waals surface area contributed by atoms with Crippen LogP contribution in [0.5, 0.6) is 0 Å². The molecule has 0 saturated carbocycles. The third-order valence-corrected chi connectivity index (χ3v) is 3.22. The summed E-state index contributed by atoms with van der Waals surface area (Å²) in [5, 5.41) is 0. The van der Waals surface area contributed by atoms with Crippen LogP contribution in [0.2, 0.25) is 0 Å². The van der Waals surface area contributed by atoms with Crippen LogP contribution >= 0.6 is 0 Å². The minimum atomic E-state index is -0.281. The highest BCUT2D eigenvalue weighted by Gasteiger charge is 2.11. The summed E-state index contributed by atoms with van der Waals surface area (Å²) in [6, 6.07) is 12.1. The molecule has 2 heterocycles. The van der Waals surface area contributed by atoms with E-state index in [0.717, 1.165) is 28.5 Å². The second kappa shape index (κ2) is 4.35. The van der Waals surface area contributed by atoms with Crippen LogP contribution in [0.1, 0.15) is 16.1 Å². The van der Waals surface area contributed by atoms with Crippen molar-refractivity contribution in [2.45, 2.75) is 6.92 Å². The minimum absolute atomic E-state index is 0.281. The number of carbonyl (C=O) groups excluding carboxylic acids is 1. The quantitative estimate of drug-likeness (QED) is 0.635. The smallest absolute Gasteiger partial charge is 0.167 e. The number of halogens is 1. The van der Waals surface area contributed by atoms with E-state index in [4.69, 9.17) is 0 Å². The molecule has 2 aromatic heterocycles. The molecule has 19 heavy (non-hydrogen) atoms. The Morgan fingerprint density at radius 1 is 1.11 bits per heavy atom. The van der Waals surface area contributed by atoms with Gasteiger partial charge in [0, 0.05) is 17.3 Å². The van der Waals surface area contributed by atoms with E-state index in [2.05, 4.69) is 0 Å². The molecule has 2 nitrogen and oxygen atoms in total. The minimum Gasteiger partial charge on any atom is -0.313 e. The molecule has 0 aliphatic heterocycles. The van der Waals surface area contributed by atoms with Crippen molar-refractivity contribution in [3.63, 3.8) is 0 Å². The molecule has 3 heteroatoms. The fraction of sp³-hybridized carbons (Fsp3) is 0.0625. The number of aldehydes is 1. The second-order valence-electron chi connectivity index (χ2n) is 4.57. The molecule has 0 atom stereocenters. The normalized spacial score (nSPS) is 10.8. The van der Waals surface area contributed by atoms with Gasteiger partial charge in [0.1, 0.15) is 5.82 Å². The van der Waals surface area contributed by atoms with Gasteiger partial charge in [-0.05, 0) is 42.3 Å². The van der Waals surface area contributed by atoms with Crippen molar-refractivity contribution in [1.29, 1.82) is 0 Å². The molecule has 3 aromatic rings. The molecule has 0 bridgehead atoms. The lowest BCUT2D eigenvalue weighted by Gasteiger charge is -2.01. The number of nitrogens with zero attached hydrogens (tertiary/aromatic N) is 1. The van der Waals surface area contributed by atoms with Crippen molar-refractivity contribution in [2.24, 2.45) is 0 Å². The van der Waals surface area contributed by atoms with Crippen molar-refractivity contribution in [1.82, 2.24) is 4.40 Å². The zero-order chi connectivity index (χ0) is 13.4. The van der Waals surface area contributed by atoms with E-state index in [-0.39, 0.29) is 5.82 Å². The summed E-state index contributed by atoms with van der Waals surface area (Å²) in [6.45, 7) is 1.98. The molecular formula is C16H12FNO. The molecule has 0 spiro atoms. The largest absolute Gasteiger partial charge is 0.313 e. The van der Waals surface area contributed by atoms with Gasteiger partial charge in [-0.2, -0.15) is 0 Å². The zero-order valence-electron chi connectivity index (χ0n) is 10.4. The number of hydrogen-bond donors (Lipinski definition) is 0. The van der Waals surface area contributed by atoms with Crippen molar-refractivity contribution in [2.75, 3.05) is 0 Å². The topological polar surface area (TPSA) is 21.5 Å². The Balaban J connectivity index is 2.28. The van der Waals surface area contributed by atoms with Crippen LogP contribution in [0.4, 0.5) is 4.39 Å². The predicted molar refractivity (Wildman–Crippen MR) is 72.9 cm³/mol. The van der Waals surface area contributed by atoms with Gasteiger partial charge >= 0.3 is 0 Å². The molecule has 0 fully saturated rings. The highest BCUT2D eigenvalue weighted by molar-refractivity contribution is 5.89. The maximum Gasteiger partial charge on any atom is 0.167 e. The van der Waals surface area contributed by atoms with Gasteiger partial charge in [-0.1, -0.05) is 18.2 Å². The SMILES string of the molecule is Cc1ccc2cc(-c3ccc(F)cc3)c(C=O)n2c1. The van der Waals surface area contributed by atoms with Crippen LogP contribution in [0.3, 0.4) is 0 Å². The third-order valence-electron chi connectivity index (χ3n) is 3.22. The second-order valence-corrected chi connectivity index (χ2v) is 4.57. The summed E-state index contributed by atoms with van der Waals surface area (Å²) in [5.74, 6) is -0.281. The van der Waals surface area contributed by atoms with Gasteiger partial charge in [0.05, 0.1) is 5.69 Å². The average Bonchev–Trinajstić information content (AvgIpc) is 2.77. The van der Waals surface area contributed by atoms with E-state index in [1.54, 1.807) is 12.1 Å². The monoisotopic (exact) mass is 253 g/mol. The first-order valence-corrected chi connectivity index (χ1v) is 6.02. The summed E-state index contributed by atoms with van der Waals surface area (Å²) in [6.07, 6.45) is 2.76. The van der Waals surface area contributed by atoms with Crippen LogP contribution in [-0.2, 0) is 0 Å². The van der Waals surface area contributed by atoms with Crippen molar-refractivity contribution in [3.05, 3.63) is 65.7 Å². The van der Waals surface area contributed by atoms with Gasteiger partial charge in [-0.3, -0.25) is 4.79 Å². The van der Waals surface area contributed by atoms with Crippen LogP contribution in [-0.4, -0.2) is 10.7 Å². The first kappa shape index (κ1) is 11.7. The first-order chi connectivity index (χ1) is 9.19. The average molecular weight is 253 g/mol. The van der Waals surface area contributed by atoms with E-state index >= 15 is 0 Å². The van der Waals surface area contributed by atoms with Crippen LogP contribution in [0.25, 0.3) is 16.6 Å². The molecule has 0 N–H and O–H groups in total. The summed E-state index contributed by atoms with van der Waals surface area (Å²) in [5.41, 5.74) is 4.28. The Kier molecular flexibility index (Phi) is 2.67. The van der Waals surface area contributed by atoms with Crippen molar-refractivity contribution in [3.8, 4) is 11.1 Å². The number of hydrogen-bond acceptors (Lipinski definition) is 1. The molecule has 0 radical (unpaired) electrons. The van der Waals surface area contributed by atoms with Gasteiger partial charge in [0.25, 0.3) is 0 Å². The molecule has 0 aliphatic rings. The lowest BCUT2D eigenvalue weighted by molar-refractivity contribution is 0.111. The lowest BCUT2D eigenvalue weighted by atomic mass is 10.1. The van der Waals surface area contributed by atoms with Gasteiger partial charge in [-0.25, -0.2) is 4.39 Å². The molecule has 94 valence electrons. The number of rotatable bonds is 2. The zero-order valence-corrected chi connectivity index (χ0v) is 10.4. The number of aryl methyl sites for hydroxylation is 1. The molecule has 0 aliphatic carbocycles. The Morgan fingerprint density at radius 2 is 1.84 bits per heavy atom. The fourth-order valence-corrected chi connectivity index (χ4v) is 2.28. The molecule has 0 saturated heterocycles. The number of aromatic nitrogens is 1. The van der Waals surface area contributed by atoms with Crippen molar-refractivity contribution < 1.29 is 9.18 Å². The van der Waals surface area contributed by atoms with E-state index in [1.807, 2.05) is 35.7 Å². The molecule has 0 amide bonds. The van der Waals surface area contributed by atoms with Gasteiger partial charge in [-0.15, -0.1) is 0 Å². The van der Waals surface area contributed by atoms with E-state index in [9.17, 15) is 9.18 Å². The van der Waals surface area contributed by atoms with Gasteiger partial charge < -0.3 is 4.40 Å². The summed E-state index contributed by atoms with van der Waals surface area (Å²) in [4.78, 5) is 11.4. The first-order valence-electron chi connectivity index (χ1n) is 6.02. The highest BCUT2D eigenvalue weighted by atomic mass is 19.1. The number of benzene rings is 1. The maximum absolute atomic E-state index is 13.0. The fourth-order valence-electron chi connectivity index (χ4n) is 2.28. The summed E-state index contributed by atoms with van der Waals surface area (Å²) in [7, 11) is 0. The number of carbonyl (C=O) groups is 1. The molecular weight excluding hydrogens is 241 g/mol. The Bertz CT molecular complexity index is 756. The standard InChI is InChI=1S/C16H12FNO/c1-11-2-7-14-8-15(16(10-19)18(14)9-11)12-3-5-13(17)6-4-12/h2-10H,1H3. The summed E-state index contributed by atoms with van der Waals surface area (Å²) >= 11 is 0. The van der Waals surface area contributed by atoms with Crippen molar-refractivity contribution >= 4 is 11.8 Å². The Morgan fingerprint density at radius 3 is 2.53 bits per heavy atom. The molecule has 0 unspecified atom stereocenters. The molecule has 1 aromatic carbocycles. The summed E-state index contributed by atoms with van der Waals surface area (Å²) < 4.78 is 14.8. The van der Waals surface area contributed by atoms with Crippen LogP contribution < -0.4 is 0 Å². The van der Waals surface area contributed by atoms with Crippen LogP contribution in [0.15, 0.2) is 48.7 Å². The van der Waals surface area contributed by atoms with E-state index in [0.29, 0.717) is 5.69 Å². The number of fused-ring (bicyclic) bond motifs is 1. The van der Waals surface area contributed by atoms with Gasteiger partial charge in [0.2, 0.25) is 0 Å². The Labute approximate surface area is 110 Å². The van der Waals surface area contributed by atoms with E-state index < -0.39 is 0 Å². The maximum atomic E-state index is 13.0. The Hall–Kier alpha value is -2.42. The number of pyridine rings is 1. The highest BCUT2D eigenvalue weighted by Crippen LogP contribution is 2.27. The van der Waals surface area contributed by atoms with Crippen LogP contribution in [0, 0.1) is 12.7 Å². The van der Waals surface area contributed by atoms with Gasteiger partial charge in [0.15, 0.2) is 6.29 Å².